The lowest BCUT2D eigenvalue weighted by atomic mass is 9.89. The average molecular weight is 172 g/mol. The number of ketones is 2. The zero-order valence-electron chi connectivity index (χ0n) is 7.89. The molecule has 70 valence electrons. The Morgan fingerprint density at radius 3 is 1.92 bits per heavy atom. The first-order chi connectivity index (χ1) is 5.45. The van der Waals surface area contributed by atoms with Gasteiger partial charge in [-0.2, -0.15) is 0 Å². The quantitative estimate of drug-likeness (QED) is 0.631. The van der Waals surface area contributed by atoms with E-state index in [0.717, 1.165) is 6.42 Å². The summed E-state index contributed by atoms with van der Waals surface area (Å²) in [4.78, 5) is 21.9. The van der Waals surface area contributed by atoms with Gasteiger partial charge in [0.05, 0.1) is 0 Å². The van der Waals surface area contributed by atoms with E-state index in [1.807, 2.05) is 6.92 Å². The predicted octanol–water partition coefficient (Wildman–Crippen LogP) is 1.09. The van der Waals surface area contributed by atoms with E-state index in [-0.39, 0.29) is 6.42 Å². The highest BCUT2D eigenvalue weighted by Crippen LogP contribution is 2.16. The molecular formula is C9H16O3. The molecule has 0 amide bonds. The van der Waals surface area contributed by atoms with Crippen LogP contribution >= 0.6 is 0 Å². The number of unbranched alkanes of at least 4 members (excludes halogenated alkanes) is 1. The van der Waals surface area contributed by atoms with Gasteiger partial charge in [0.2, 0.25) is 0 Å². The van der Waals surface area contributed by atoms with E-state index in [1.54, 1.807) is 0 Å². The van der Waals surface area contributed by atoms with Gasteiger partial charge in [0, 0.05) is 0 Å². The van der Waals surface area contributed by atoms with E-state index in [4.69, 9.17) is 0 Å². The van der Waals surface area contributed by atoms with Crippen LogP contribution in [-0.2, 0) is 9.59 Å². The van der Waals surface area contributed by atoms with Crippen LogP contribution in [0.3, 0.4) is 0 Å². The maximum absolute atomic E-state index is 10.9. The lowest BCUT2D eigenvalue weighted by Crippen LogP contribution is -2.43. The van der Waals surface area contributed by atoms with Crippen LogP contribution in [0.25, 0.3) is 0 Å². The maximum atomic E-state index is 10.9. The zero-order valence-corrected chi connectivity index (χ0v) is 7.89. The van der Waals surface area contributed by atoms with Crippen molar-refractivity contribution in [1.82, 2.24) is 0 Å². The van der Waals surface area contributed by atoms with Gasteiger partial charge in [-0.1, -0.05) is 13.3 Å². The number of carbonyl (C=O) groups is 2. The van der Waals surface area contributed by atoms with E-state index < -0.39 is 17.2 Å². The summed E-state index contributed by atoms with van der Waals surface area (Å²) in [6.45, 7) is 4.44. The number of aliphatic hydroxyl groups is 1. The molecule has 0 spiro atoms. The normalized spacial score (nSPS) is 11.3. The summed E-state index contributed by atoms with van der Waals surface area (Å²) in [5.41, 5.74) is -1.73. The van der Waals surface area contributed by atoms with Crippen molar-refractivity contribution in [3.8, 4) is 0 Å². The van der Waals surface area contributed by atoms with Crippen LogP contribution in [0, 0.1) is 0 Å². The van der Waals surface area contributed by atoms with Crippen molar-refractivity contribution < 1.29 is 14.7 Å². The molecule has 0 aromatic carbocycles. The lowest BCUT2D eigenvalue weighted by Gasteiger charge is -2.21. The highest BCUT2D eigenvalue weighted by Gasteiger charge is 2.36. The second-order valence-corrected chi connectivity index (χ2v) is 3.08. The number of hydrogen-bond donors (Lipinski definition) is 1. The number of carbonyl (C=O) groups excluding carboxylic acids is 2. The molecule has 0 bridgehead atoms. The third-order valence-corrected chi connectivity index (χ3v) is 2.06. The Bertz CT molecular complexity index is 170. The van der Waals surface area contributed by atoms with Gasteiger partial charge in [0.1, 0.15) is 0 Å². The fraction of sp³-hybridized carbons (Fsp3) is 0.778. The monoisotopic (exact) mass is 172 g/mol. The molecule has 1 N–H and O–H groups in total. The van der Waals surface area contributed by atoms with Crippen molar-refractivity contribution in [3.63, 3.8) is 0 Å². The molecule has 0 unspecified atom stereocenters. The van der Waals surface area contributed by atoms with E-state index in [2.05, 4.69) is 0 Å². The molecular weight excluding hydrogens is 156 g/mol. The maximum Gasteiger partial charge on any atom is 0.180 e. The van der Waals surface area contributed by atoms with Gasteiger partial charge < -0.3 is 5.11 Å². The molecule has 3 heteroatoms. The molecule has 0 atom stereocenters. The van der Waals surface area contributed by atoms with E-state index in [0.29, 0.717) is 6.42 Å². The second-order valence-electron chi connectivity index (χ2n) is 3.08. The molecule has 0 saturated carbocycles. The van der Waals surface area contributed by atoms with Crippen molar-refractivity contribution >= 4 is 11.6 Å². The van der Waals surface area contributed by atoms with Gasteiger partial charge in [-0.15, -0.1) is 0 Å². The highest BCUT2D eigenvalue weighted by atomic mass is 16.3. The first-order valence-corrected chi connectivity index (χ1v) is 4.19. The molecule has 0 aromatic rings. The SMILES string of the molecule is CCCCC(O)(C(C)=O)C(C)=O. The van der Waals surface area contributed by atoms with Gasteiger partial charge in [-0.05, 0) is 26.7 Å². The molecule has 12 heavy (non-hydrogen) atoms. The third kappa shape index (κ3) is 2.41. The molecule has 0 aromatic heterocycles. The smallest absolute Gasteiger partial charge is 0.180 e. The van der Waals surface area contributed by atoms with Gasteiger partial charge in [0.15, 0.2) is 17.2 Å². The minimum Gasteiger partial charge on any atom is -0.375 e. The molecule has 0 saturated heterocycles. The minimum absolute atomic E-state index is 0.244. The molecule has 0 aliphatic heterocycles. The summed E-state index contributed by atoms with van der Waals surface area (Å²) < 4.78 is 0. The summed E-state index contributed by atoms with van der Waals surface area (Å²) in [5.74, 6) is -0.910. The number of hydrogen-bond acceptors (Lipinski definition) is 3. The Morgan fingerprint density at radius 2 is 1.67 bits per heavy atom. The van der Waals surface area contributed by atoms with Crippen molar-refractivity contribution in [2.45, 2.75) is 45.6 Å². The summed E-state index contributed by atoms with van der Waals surface area (Å²) >= 11 is 0. The standard InChI is InChI=1S/C9H16O3/c1-4-5-6-9(12,7(2)10)8(3)11/h12H,4-6H2,1-3H3. The number of Topliss-reactive ketones (excluding diaryl/α,β-unsaturated/α-hetero) is 2. The van der Waals surface area contributed by atoms with Crippen molar-refractivity contribution in [3.05, 3.63) is 0 Å². The topological polar surface area (TPSA) is 54.4 Å². The summed E-state index contributed by atoms with van der Waals surface area (Å²) in [5, 5.41) is 9.60. The fourth-order valence-corrected chi connectivity index (χ4v) is 1.03. The summed E-state index contributed by atoms with van der Waals surface area (Å²) in [6.07, 6.45) is 1.80. The first-order valence-electron chi connectivity index (χ1n) is 4.19. The lowest BCUT2D eigenvalue weighted by molar-refractivity contribution is -0.149. The van der Waals surface area contributed by atoms with Gasteiger partial charge in [-0.3, -0.25) is 9.59 Å². The molecule has 0 heterocycles. The van der Waals surface area contributed by atoms with E-state index in [9.17, 15) is 14.7 Å². The van der Waals surface area contributed by atoms with E-state index >= 15 is 0 Å². The van der Waals surface area contributed by atoms with Crippen LogP contribution in [0.4, 0.5) is 0 Å². The Labute approximate surface area is 72.8 Å². The van der Waals surface area contributed by atoms with Crippen LogP contribution < -0.4 is 0 Å². The van der Waals surface area contributed by atoms with Gasteiger partial charge in [0.25, 0.3) is 0 Å². The van der Waals surface area contributed by atoms with Crippen molar-refractivity contribution in [1.29, 1.82) is 0 Å². The van der Waals surface area contributed by atoms with E-state index in [1.165, 1.54) is 13.8 Å². The Balaban J connectivity index is 4.40. The Kier molecular flexibility index (Phi) is 4.10. The van der Waals surface area contributed by atoms with Crippen LogP contribution in [0.15, 0.2) is 0 Å². The Morgan fingerprint density at radius 1 is 1.25 bits per heavy atom. The van der Waals surface area contributed by atoms with Crippen LogP contribution in [0.2, 0.25) is 0 Å². The zero-order chi connectivity index (χ0) is 9.78. The molecule has 0 rings (SSSR count). The summed E-state index contributed by atoms with van der Waals surface area (Å²) in [6, 6.07) is 0. The number of rotatable bonds is 5. The molecule has 0 aliphatic carbocycles. The molecule has 0 fully saturated rings. The second kappa shape index (κ2) is 4.36. The highest BCUT2D eigenvalue weighted by molar-refractivity contribution is 6.08. The van der Waals surface area contributed by atoms with Gasteiger partial charge in [-0.25, -0.2) is 0 Å². The largest absolute Gasteiger partial charge is 0.375 e. The first kappa shape index (κ1) is 11.3. The van der Waals surface area contributed by atoms with Crippen molar-refractivity contribution in [2.24, 2.45) is 0 Å². The van der Waals surface area contributed by atoms with Crippen LogP contribution in [0.1, 0.15) is 40.0 Å². The fourth-order valence-electron chi connectivity index (χ4n) is 1.03. The van der Waals surface area contributed by atoms with Crippen LogP contribution in [0.5, 0.6) is 0 Å². The molecule has 0 aliphatic rings. The third-order valence-electron chi connectivity index (χ3n) is 2.06. The minimum atomic E-state index is -1.73. The Hall–Kier alpha value is -0.700. The molecule has 0 radical (unpaired) electrons. The predicted molar refractivity (Wildman–Crippen MR) is 45.8 cm³/mol. The van der Waals surface area contributed by atoms with Crippen molar-refractivity contribution in [2.75, 3.05) is 0 Å². The average Bonchev–Trinajstić information content (AvgIpc) is 1.99. The summed E-state index contributed by atoms with van der Waals surface area (Å²) in [7, 11) is 0. The molecule has 3 nitrogen and oxygen atoms in total. The van der Waals surface area contributed by atoms with Crippen LogP contribution in [-0.4, -0.2) is 22.3 Å². The van der Waals surface area contributed by atoms with Gasteiger partial charge >= 0.3 is 0 Å².